The van der Waals surface area contributed by atoms with Crippen LogP contribution < -0.4 is 0 Å². The molecule has 0 saturated carbocycles. The normalized spacial score (nSPS) is 18.5. The zero-order valence-electron chi connectivity index (χ0n) is 3.30. The van der Waals surface area contributed by atoms with Crippen LogP contribution in [0.1, 0.15) is 0 Å². The van der Waals surface area contributed by atoms with E-state index in [2.05, 4.69) is 8.25 Å². The van der Waals surface area contributed by atoms with Gasteiger partial charge in [-0.15, -0.1) is 0 Å². The topological polar surface area (TPSA) is 28.0 Å². The van der Waals surface area contributed by atoms with E-state index in [9.17, 15) is 0 Å². The van der Waals surface area contributed by atoms with Crippen molar-refractivity contribution in [2.75, 3.05) is 7.05 Å². The SMILES string of the molecule is CN1N=CN=I1. The summed E-state index contributed by atoms with van der Waals surface area (Å²) in [5.41, 5.74) is 0. The molecule has 0 amide bonds. The fourth-order valence-electron chi connectivity index (χ4n) is 0.193. The minimum Gasteiger partial charge on any atom is -0.229 e. The summed E-state index contributed by atoms with van der Waals surface area (Å²) in [5.74, 6) is 0. The van der Waals surface area contributed by atoms with Crippen molar-refractivity contribution in [2.45, 2.75) is 0 Å². The fraction of sp³-hybridized carbons (Fsp3) is 0.500. The summed E-state index contributed by atoms with van der Waals surface area (Å²) in [6, 6.07) is 0. The summed E-state index contributed by atoms with van der Waals surface area (Å²) in [6.07, 6.45) is 1.60. The lowest BCUT2D eigenvalue weighted by Crippen LogP contribution is -1.86. The highest BCUT2D eigenvalue weighted by molar-refractivity contribution is 14.1. The molecule has 1 heterocycles. The van der Waals surface area contributed by atoms with E-state index in [0.29, 0.717) is 0 Å². The van der Waals surface area contributed by atoms with Crippen LogP contribution in [0, 0.1) is 0 Å². The highest BCUT2D eigenvalue weighted by atomic mass is 127. The Morgan fingerprint density at radius 3 is 2.83 bits per heavy atom. The van der Waals surface area contributed by atoms with Gasteiger partial charge < -0.3 is 0 Å². The van der Waals surface area contributed by atoms with Crippen molar-refractivity contribution in [1.29, 1.82) is 0 Å². The van der Waals surface area contributed by atoms with Gasteiger partial charge in [0.1, 0.15) is 27.6 Å². The van der Waals surface area contributed by atoms with Gasteiger partial charge in [-0.25, -0.2) is 3.22 Å². The Balaban J connectivity index is 2.60. The minimum atomic E-state index is -0.0844. The van der Waals surface area contributed by atoms with E-state index < -0.39 is 0 Å². The Kier molecular flexibility index (Phi) is 1.13. The molecule has 34 valence electrons. The molecule has 0 fully saturated rings. The molecule has 0 atom stereocenters. The van der Waals surface area contributed by atoms with E-state index in [1.165, 1.54) is 0 Å². The zero-order valence-corrected chi connectivity index (χ0v) is 5.45. The second-order valence-corrected chi connectivity index (χ2v) is 3.23. The van der Waals surface area contributed by atoms with E-state index in [-0.39, 0.29) is 21.3 Å². The van der Waals surface area contributed by atoms with Gasteiger partial charge in [0.15, 0.2) is 0 Å². The van der Waals surface area contributed by atoms with Crippen molar-refractivity contribution < 1.29 is 0 Å². The molecule has 0 saturated heterocycles. The third-order valence-corrected chi connectivity index (χ3v) is 1.78. The van der Waals surface area contributed by atoms with Crippen LogP contribution in [0.3, 0.4) is 0 Å². The first-order valence-corrected chi connectivity index (χ1v) is 3.43. The molecule has 0 aromatic carbocycles. The van der Waals surface area contributed by atoms with Gasteiger partial charge in [0, 0.05) is 7.05 Å². The maximum absolute atomic E-state index is 3.91. The van der Waals surface area contributed by atoms with Gasteiger partial charge >= 0.3 is 0 Å². The molecule has 0 aromatic heterocycles. The van der Waals surface area contributed by atoms with Crippen molar-refractivity contribution in [3.8, 4) is 0 Å². The smallest absolute Gasteiger partial charge is 0.144 e. The number of halogens is 1. The molecule has 0 radical (unpaired) electrons. The minimum absolute atomic E-state index is 0.0844. The average molecular weight is 197 g/mol. The highest BCUT2D eigenvalue weighted by Crippen LogP contribution is 2.10. The summed E-state index contributed by atoms with van der Waals surface area (Å²) in [7, 11) is 1.93. The maximum atomic E-state index is 3.91. The molecular formula is C2H4IN3. The molecule has 6 heavy (non-hydrogen) atoms. The van der Waals surface area contributed by atoms with Crippen molar-refractivity contribution in [1.82, 2.24) is 3.22 Å². The third-order valence-electron chi connectivity index (χ3n) is 0.407. The first-order chi connectivity index (χ1) is 2.89. The second-order valence-electron chi connectivity index (χ2n) is 0.849. The predicted octanol–water partition coefficient (Wildman–Crippen LogP) is 0.944. The predicted molar refractivity (Wildman–Crippen MR) is 32.7 cm³/mol. The van der Waals surface area contributed by atoms with Crippen LogP contribution >= 0.6 is 21.3 Å². The largest absolute Gasteiger partial charge is 0.229 e. The molecule has 4 heteroatoms. The number of hydrogen-bond acceptors (Lipinski definition) is 3. The van der Waals surface area contributed by atoms with Crippen LogP contribution in [-0.4, -0.2) is 16.6 Å². The lowest BCUT2D eigenvalue weighted by Gasteiger charge is -1.91. The van der Waals surface area contributed by atoms with Crippen LogP contribution in [0.4, 0.5) is 0 Å². The number of rotatable bonds is 0. The van der Waals surface area contributed by atoms with E-state index >= 15 is 0 Å². The lowest BCUT2D eigenvalue weighted by atomic mass is 11.4. The zero-order chi connectivity index (χ0) is 4.41. The molecule has 0 unspecified atom stereocenters. The summed E-state index contributed by atoms with van der Waals surface area (Å²) in [5, 5.41) is 3.83. The summed E-state index contributed by atoms with van der Waals surface area (Å²) in [6.45, 7) is 0. The Labute approximate surface area is 46.5 Å². The molecule has 3 nitrogen and oxygen atoms in total. The Morgan fingerprint density at radius 2 is 2.67 bits per heavy atom. The average Bonchev–Trinajstić information content (AvgIpc) is 1.86. The monoisotopic (exact) mass is 197 g/mol. The summed E-state index contributed by atoms with van der Waals surface area (Å²) in [4.78, 5) is 0. The molecule has 0 aliphatic carbocycles. The number of nitrogens with zero attached hydrogens (tertiary/aromatic N) is 3. The van der Waals surface area contributed by atoms with Crippen LogP contribution in [-0.2, 0) is 0 Å². The standard InChI is InChI=1S/C2H4IN3/c1-6-3-4-2-5-6/h2H,1H3. The molecule has 0 N–H and O–H groups in total. The van der Waals surface area contributed by atoms with Gasteiger partial charge in [0.25, 0.3) is 0 Å². The van der Waals surface area contributed by atoms with Gasteiger partial charge in [0.05, 0.1) is 0 Å². The highest BCUT2D eigenvalue weighted by Gasteiger charge is 1.87. The first-order valence-electron chi connectivity index (χ1n) is 1.50. The van der Waals surface area contributed by atoms with E-state index in [1.54, 1.807) is 6.34 Å². The van der Waals surface area contributed by atoms with Crippen molar-refractivity contribution in [3.05, 3.63) is 0 Å². The second kappa shape index (κ2) is 1.63. The molecule has 1 aliphatic rings. The van der Waals surface area contributed by atoms with Crippen molar-refractivity contribution in [3.63, 3.8) is 0 Å². The van der Waals surface area contributed by atoms with Gasteiger partial charge in [-0.3, -0.25) is 0 Å². The Morgan fingerprint density at radius 1 is 1.83 bits per heavy atom. The molecule has 1 rings (SSSR count). The van der Waals surface area contributed by atoms with Crippen LogP contribution in [0.15, 0.2) is 8.25 Å². The quantitative estimate of drug-likeness (QED) is 0.419. The molecular weight excluding hydrogens is 193 g/mol. The van der Waals surface area contributed by atoms with E-state index in [0.717, 1.165) is 0 Å². The Bertz CT molecular complexity index is 85.0. The van der Waals surface area contributed by atoms with Crippen molar-refractivity contribution >= 4 is 27.6 Å². The van der Waals surface area contributed by atoms with Crippen LogP contribution in [0.2, 0.25) is 0 Å². The fourth-order valence-corrected chi connectivity index (χ4v) is 0.999. The summed E-state index contributed by atoms with van der Waals surface area (Å²) >= 11 is -0.0844. The van der Waals surface area contributed by atoms with Crippen LogP contribution in [0.5, 0.6) is 0 Å². The Hall–Kier alpha value is 0. The van der Waals surface area contributed by atoms with Gasteiger partial charge in [-0.2, -0.15) is 8.25 Å². The maximum Gasteiger partial charge on any atom is 0.144 e. The lowest BCUT2D eigenvalue weighted by molar-refractivity contribution is 0.673. The van der Waals surface area contributed by atoms with E-state index in [1.807, 2.05) is 10.3 Å². The third kappa shape index (κ3) is 0.735. The molecule has 0 spiro atoms. The molecule has 0 bridgehead atoms. The number of hydrazone groups is 1. The van der Waals surface area contributed by atoms with E-state index in [4.69, 9.17) is 0 Å². The van der Waals surface area contributed by atoms with Gasteiger partial charge in [-0.1, -0.05) is 0 Å². The van der Waals surface area contributed by atoms with Gasteiger partial charge in [0.2, 0.25) is 0 Å². The molecule has 0 aromatic rings. The van der Waals surface area contributed by atoms with Crippen molar-refractivity contribution in [2.24, 2.45) is 8.25 Å². The van der Waals surface area contributed by atoms with Gasteiger partial charge in [-0.05, 0) is 0 Å². The molecule has 1 aliphatic heterocycles. The van der Waals surface area contributed by atoms with Crippen LogP contribution in [0.25, 0.3) is 0 Å². The first kappa shape index (κ1) is 4.17. The summed E-state index contributed by atoms with van der Waals surface area (Å²) < 4.78 is 5.78. The number of hydrogen-bond donors (Lipinski definition) is 0.